The summed E-state index contributed by atoms with van der Waals surface area (Å²) in [5.74, 6) is -0.340. The largest absolute Gasteiger partial charge is 0.337 e. The van der Waals surface area contributed by atoms with Crippen LogP contribution in [0.15, 0.2) is 82.6 Å². The van der Waals surface area contributed by atoms with E-state index in [1.807, 2.05) is 53.4 Å². The molecule has 1 aliphatic rings. The number of urea groups is 1. The Balaban J connectivity index is 1.41. The average molecular weight is 425 g/mol. The van der Waals surface area contributed by atoms with Gasteiger partial charge in [0, 0.05) is 20.5 Å². The third kappa shape index (κ3) is 4.47. The zero-order valence-corrected chi connectivity index (χ0v) is 16.8. The fraction of sp³-hybridized carbons (Fsp3) is 0.0476. The van der Waals surface area contributed by atoms with E-state index in [1.54, 1.807) is 36.0 Å². The maximum atomic E-state index is 12.5. The smallest absolute Gasteiger partial charge is 0.330 e. The standard InChI is InChI=1S/C21H17ClN4O2S/c22-14-9-11-15(12-10-14)23-21(28)25-24-20(27)13-26-16-5-1-3-7-18(16)29-19-8-4-2-6-17(19)26/h1-12H,13H2,(H,24,27)(H2,23,25,28). The molecule has 146 valence electrons. The average Bonchev–Trinajstić information content (AvgIpc) is 2.74. The van der Waals surface area contributed by atoms with Crippen molar-refractivity contribution >= 4 is 52.4 Å². The topological polar surface area (TPSA) is 73.5 Å². The number of hydrogen-bond acceptors (Lipinski definition) is 4. The molecule has 3 aromatic carbocycles. The second-order valence-corrected chi connectivity index (χ2v) is 7.78. The molecule has 0 aromatic heterocycles. The lowest BCUT2D eigenvalue weighted by molar-refractivity contribution is -0.120. The van der Waals surface area contributed by atoms with E-state index in [-0.39, 0.29) is 12.5 Å². The van der Waals surface area contributed by atoms with Crippen molar-refractivity contribution in [3.63, 3.8) is 0 Å². The molecule has 0 saturated carbocycles. The maximum Gasteiger partial charge on any atom is 0.337 e. The van der Waals surface area contributed by atoms with Crippen LogP contribution in [-0.4, -0.2) is 18.5 Å². The van der Waals surface area contributed by atoms with Crippen molar-refractivity contribution in [2.45, 2.75) is 9.79 Å². The van der Waals surface area contributed by atoms with Gasteiger partial charge in [0.25, 0.3) is 5.91 Å². The summed E-state index contributed by atoms with van der Waals surface area (Å²) in [7, 11) is 0. The van der Waals surface area contributed by atoms with Gasteiger partial charge >= 0.3 is 6.03 Å². The van der Waals surface area contributed by atoms with E-state index in [9.17, 15) is 9.59 Å². The molecule has 6 nitrogen and oxygen atoms in total. The highest BCUT2D eigenvalue weighted by atomic mass is 35.5. The third-order valence-electron chi connectivity index (χ3n) is 4.25. The zero-order valence-electron chi connectivity index (χ0n) is 15.2. The molecule has 0 radical (unpaired) electrons. The van der Waals surface area contributed by atoms with Gasteiger partial charge in [0.2, 0.25) is 0 Å². The number of carbonyl (C=O) groups excluding carboxylic acids is 2. The predicted molar refractivity (Wildman–Crippen MR) is 116 cm³/mol. The van der Waals surface area contributed by atoms with E-state index < -0.39 is 6.03 Å². The van der Waals surface area contributed by atoms with Crippen LogP contribution in [0.1, 0.15) is 0 Å². The lowest BCUT2D eigenvalue weighted by Gasteiger charge is -2.32. The van der Waals surface area contributed by atoms with Gasteiger partial charge in [-0.25, -0.2) is 10.2 Å². The van der Waals surface area contributed by atoms with Crippen LogP contribution >= 0.6 is 23.4 Å². The molecule has 0 bridgehead atoms. The summed E-state index contributed by atoms with van der Waals surface area (Å²) >= 11 is 7.50. The highest BCUT2D eigenvalue weighted by Gasteiger charge is 2.24. The number of hydrazine groups is 1. The van der Waals surface area contributed by atoms with Crippen molar-refractivity contribution in [1.82, 2.24) is 10.9 Å². The molecule has 0 fully saturated rings. The van der Waals surface area contributed by atoms with Gasteiger partial charge in [-0.2, -0.15) is 0 Å². The number of nitrogens with zero attached hydrogens (tertiary/aromatic N) is 1. The van der Waals surface area contributed by atoms with Gasteiger partial charge in [-0.1, -0.05) is 47.6 Å². The molecule has 0 unspecified atom stereocenters. The van der Waals surface area contributed by atoms with E-state index in [0.29, 0.717) is 10.7 Å². The van der Waals surface area contributed by atoms with Crippen molar-refractivity contribution in [1.29, 1.82) is 0 Å². The van der Waals surface area contributed by atoms with Gasteiger partial charge in [-0.3, -0.25) is 10.2 Å². The molecule has 8 heteroatoms. The van der Waals surface area contributed by atoms with Crippen LogP contribution in [-0.2, 0) is 4.79 Å². The number of anilines is 3. The van der Waals surface area contributed by atoms with Gasteiger partial charge in [-0.15, -0.1) is 0 Å². The Morgan fingerprint density at radius 2 is 1.41 bits per heavy atom. The van der Waals surface area contributed by atoms with Crippen LogP contribution in [0.5, 0.6) is 0 Å². The zero-order chi connectivity index (χ0) is 20.2. The normalized spacial score (nSPS) is 11.8. The monoisotopic (exact) mass is 424 g/mol. The molecule has 3 amide bonds. The quantitative estimate of drug-likeness (QED) is 0.528. The Labute approximate surface area is 177 Å². The number of amides is 3. The Bertz CT molecular complexity index is 1010. The number of fused-ring (bicyclic) bond motifs is 2. The van der Waals surface area contributed by atoms with Crippen molar-refractivity contribution in [2.75, 3.05) is 16.8 Å². The number of para-hydroxylation sites is 2. The Morgan fingerprint density at radius 3 is 2.03 bits per heavy atom. The van der Waals surface area contributed by atoms with Crippen LogP contribution in [0.2, 0.25) is 5.02 Å². The number of benzene rings is 3. The minimum absolute atomic E-state index is 0.0653. The highest BCUT2D eigenvalue weighted by Crippen LogP contribution is 2.47. The van der Waals surface area contributed by atoms with Crippen molar-refractivity contribution in [3.8, 4) is 0 Å². The number of nitrogens with one attached hydrogen (secondary N) is 3. The van der Waals surface area contributed by atoms with Gasteiger partial charge in [0.05, 0.1) is 11.4 Å². The second-order valence-electron chi connectivity index (χ2n) is 6.26. The molecule has 0 spiro atoms. The molecular formula is C21H17ClN4O2S. The summed E-state index contributed by atoms with van der Waals surface area (Å²) in [6, 6.07) is 22.0. The van der Waals surface area contributed by atoms with E-state index in [4.69, 9.17) is 11.6 Å². The SMILES string of the molecule is O=C(CN1c2ccccc2Sc2ccccc21)NNC(=O)Nc1ccc(Cl)cc1. The molecule has 3 N–H and O–H groups in total. The van der Waals surface area contributed by atoms with Crippen molar-refractivity contribution in [3.05, 3.63) is 77.8 Å². The minimum Gasteiger partial charge on any atom is -0.330 e. The first-order chi connectivity index (χ1) is 14.1. The molecule has 1 heterocycles. The molecule has 0 atom stereocenters. The Hall–Kier alpha value is -3.16. The van der Waals surface area contributed by atoms with E-state index in [2.05, 4.69) is 16.2 Å². The van der Waals surface area contributed by atoms with E-state index in [1.165, 1.54) is 0 Å². The molecule has 3 aromatic rings. The summed E-state index contributed by atoms with van der Waals surface area (Å²) in [5, 5.41) is 3.19. The third-order valence-corrected chi connectivity index (χ3v) is 5.63. The van der Waals surface area contributed by atoms with Gasteiger partial charge in [0.1, 0.15) is 6.54 Å². The summed E-state index contributed by atoms with van der Waals surface area (Å²) in [4.78, 5) is 28.6. The predicted octanol–water partition coefficient (Wildman–Crippen LogP) is 4.80. The second kappa shape index (κ2) is 8.46. The van der Waals surface area contributed by atoms with Crippen LogP contribution < -0.4 is 21.1 Å². The van der Waals surface area contributed by atoms with Crippen LogP contribution in [0.25, 0.3) is 0 Å². The number of carbonyl (C=O) groups is 2. The maximum absolute atomic E-state index is 12.5. The first kappa shape index (κ1) is 19.2. The number of rotatable bonds is 3. The van der Waals surface area contributed by atoms with Crippen molar-refractivity contribution < 1.29 is 9.59 Å². The first-order valence-electron chi connectivity index (χ1n) is 8.85. The molecular weight excluding hydrogens is 408 g/mol. The Kier molecular flexibility index (Phi) is 5.59. The minimum atomic E-state index is -0.546. The molecule has 29 heavy (non-hydrogen) atoms. The van der Waals surface area contributed by atoms with Gasteiger partial charge in [-0.05, 0) is 48.5 Å². The molecule has 4 rings (SSSR count). The van der Waals surface area contributed by atoms with Gasteiger partial charge < -0.3 is 10.2 Å². The van der Waals surface area contributed by atoms with Crippen molar-refractivity contribution in [2.24, 2.45) is 0 Å². The van der Waals surface area contributed by atoms with Gasteiger partial charge in [0.15, 0.2) is 0 Å². The lowest BCUT2D eigenvalue weighted by Crippen LogP contribution is -2.47. The molecule has 0 aliphatic carbocycles. The first-order valence-corrected chi connectivity index (χ1v) is 10.0. The Morgan fingerprint density at radius 1 is 0.828 bits per heavy atom. The fourth-order valence-electron chi connectivity index (χ4n) is 2.96. The van der Waals surface area contributed by atoms with E-state index >= 15 is 0 Å². The van der Waals surface area contributed by atoms with E-state index in [0.717, 1.165) is 21.2 Å². The molecule has 1 aliphatic heterocycles. The number of halogens is 1. The highest BCUT2D eigenvalue weighted by molar-refractivity contribution is 7.99. The summed E-state index contributed by atoms with van der Waals surface area (Å²) in [6.45, 7) is 0.0653. The molecule has 0 saturated heterocycles. The van der Waals surface area contributed by atoms with Crippen LogP contribution in [0.4, 0.5) is 21.9 Å². The summed E-state index contributed by atoms with van der Waals surface area (Å²) < 4.78 is 0. The fourth-order valence-corrected chi connectivity index (χ4v) is 4.18. The summed E-state index contributed by atoms with van der Waals surface area (Å²) in [5.41, 5.74) is 7.29. The number of hydrogen-bond donors (Lipinski definition) is 3. The summed E-state index contributed by atoms with van der Waals surface area (Å²) in [6.07, 6.45) is 0. The van der Waals surface area contributed by atoms with Crippen LogP contribution in [0, 0.1) is 0 Å². The lowest BCUT2D eigenvalue weighted by atomic mass is 10.2. The van der Waals surface area contributed by atoms with Crippen LogP contribution in [0.3, 0.4) is 0 Å².